The molecule has 0 spiro atoms. The van der Waals surface area contributed by atoms with Gasteiger partial charge in [0, 0.05) is 5.92 Å². The van der Waals surface area contributed by atoms with Crippen LogP contribution >= 0.6 is 0 Å². The Hall–Kier alpha value is -0.790. The van der Waals surface area contributed by atoms with Crippen molar-refractivity contribution in [1.29, 1.82) is 0 Å². The maximum absolute atomic E-state index is 5.11. The van der Waals surface area contributed by atoms with Gasteiger partial charge in [-0.15, -0.1) is 0 Å². The molecule has 0 N–H and O–H groups in total. The molecule has 0 radical (unpaired) electrons. The fourth-order valence-electron chi connectivity index (χ4n) is 0.659. The first kappa shape index (κ1) is 6.33. The molecule has 2 nitrogen and oxygen atoms in total. The molecule has 1 heterocycles. The monoisotopic (exact) mass is 125 g/mol. The summed E-state index contributed by atoms with van der Waals surface area (Å²) in [7, 11) is 0. The van der Waals surface area contributed by atoms with Crippen LogP contribution in [0.15, 0.2) is 17.3 Å². The highest BCUT2D eigenvalue weighted by molar-refractivity contribution is 5.79. The Morgan fingerprint density at radius 1 is 1.67 bits per heavy atom. The first-order chi connectivity index (χ1) is 4.30. The third kappa shape index (κ3) is 1.56. The molecule has 0 aromatic carbocycles. The van der Waals surface area contributed by atoms with Gasteiger partial charge in [-0.3, -0.25) is 4.99 Å². The van der Waals surface area contributed by atoms with E-state index in [1.165, 1.54) is 0 Å². The van der Waals surface area contributed by atoms with Gasteiger partial charge in [-0.1, -0.05) is 13.8 Å². The Bertz CT molecular complexity index is 147. The van der Waals surface area contributed by atoms with Crippen LogP contribution in [0.2, 0.25) is 0 Å². The number of ether oxygens (including phenoxy) is 1. The van der Waals surface area contributed by atoms with Crippen LogP contribution in [0.5, 0.6) is 0 Å². The summed E-state index contributed by atoms with van der Waals surface area (Å²) in [5.41, 5.74) is 0. The van der Waals surface area contributed by atoms with Crippen LogP contribution in [0.4, 0.5) is 0 Å². The predicted molar refractivity (Wildman–Crippen MR) is 37.4 cm³/mol. The SMILES string of the molecule is CC(C)C1=NCC=CO1. The van der Waals surface area contributed by atoms with Crippen LogP contribution in [0.3, 0.4) is 0 Å². The molecule has 50 valence electrons. The molecule has 0 saturated carbocycles. The molecule has 0 fully saturated rings. The van der Waals surface area contributed by atoms with Crippen molar-refractivity contribution in [3.63, 3.8) is 0 Å². The van der Waals surface area contributed by atoms with Gasteiger partial charge >= 0.3 is 0 Å². The molecule has 0 atom stereocenters. The zero-order chi connectivity index (χ0) is 6.69. The van der Waals surface area contributed by atoms with E-state index < -0.39 is 0 Å². The van der Waals surface area contributed by atoms with Gasteiger partial charge < -0.3 is 4.74 Å². The molecular formula is C7H11NO. The molecule has 0 aliphatic carbocycles. The highest BCUT2D eigenvalue weighted by atomic mass is 16.5. The predicted octanol–water partition coefficient (Wildman–Crippen LogP) is 1.58. The van der Waals surface area contributed by atoms with Crippen molar-refractivity contribution < 1.29 is 4.74 Å². The van der Waals surface area contributed by atoms with E-state index in [9.17, 15) is 0 Å². The standard InChI is InChI=1S/C7H11NO/c1-6(2)7-8-4-3-5-9-7/h3,5-6H,4H2,1-2H3. The lowest BCUT2D eigenvalue weighted by molar-refractivity contribution is 0.425. The number of nitrogens with zero attached hydrogens (tertiary/aromatic N) is 1. The van der Waals surface area contributed by atoms with Crippen LogP contribution in [-0.4, -0.2) is 12.4 Å². The second-order valence-electron chi connectivity index (χ2n) is 2.32. The summed E-state index contributed by atoms with van der Waals surface area (Å²) in [5.74, 6) is 1.26. The minimum Gasteiger partial charge on any atom is -0.451 e. The van der Waals surface area contributed by atoms with E-state index in [1.54, 1.807) is 6.26 Å². The summed E-state index contributed by atoms with van der Waals surface area (Å²) >= 11 is 0. The van der Waals surface area contributed by atoms with Crippen molar-refractivity contribution in [1.82, 2.24) is 0 Å². The average molecular weight is 125 g/mol. The van der Waals surface area contributed by atoms with E-state index >= 15 is 0 Å². The summed E-state index contributed by atoms with van der Waals surface area (Å²) in [6, 6.07) is 0. The van der Waals surface area contributed by atoms with Crippen LogP contribution in [0, 0.1) is 5.92 Å². The van der Waals surface area contributed by atoms with Crippen molar-refractivity contribution in [2.24, 2.45) is 10.9 Å². The normalized spacial score (nSPS) is 17.4. The van der Waals surface area contributed by atoms with Gasteiger partial charge in [0.05, 0.1) is 12.8 Å². The Balaban J connectivity index is 2.50. The second kappa shape index (κ2) is 2.67. The lowest BCUT2D eigenvalue weighted by atomic mass is 10.2. The lowest BCUT2D eigenvalue weighted by Gasteiger charge is -2.10. The molecule has 0 unspecified atom stereocenters. The lowest BCUT2D eigenvalue weighted by Crippen LogP contribution is -2.12. The molecule has 0 saturated heterocycles. The van der Waals surface area contributed by atoms with Gasteiger partial charge in [-0.25, -0.2) is 0 Å². The van der Waals surface area contributed by atoms with Gasteiger partial charge in [0.15, 0.2) is 5.90 Å². The second-order valence-corrected chi connectivity index (χ2v) is 2.32. The number of hydrogen-bond acceptors (Lipinski definition) is 2. The van der Waals surface area contributed by atoms with Crippen molar-refractivity contribution in [2.75, 3.05) is 6.54 Å². The van der Waals surface area contributed by atoms with Crippen LogP contribution in [0.25, 0.3) is 0 Å². The Labute approximate surface area is 55.2 Å². The minimum atomic E-state index is 0.412. The highest BCUT2D eigenvalue weighted by Gasteiger charge is 2.05. The Morgan fingerprint density at radius 2 is 2.44 bits per heavy atom. The number of aliphatic imine (C=N–C) groups is 1. The number of rotatable bonds is 1. The smallest absolute Gasteiger partial charge is 0.192 e. The first-order valence-corrected chi connectivity index (χ1v) is 3.16. The average Bonchev–Trinajstić information content (AvgIpc) is 1.90. The van der Waals surface area contributed by atoms with Crippen molar-refractivity contribution in [3.05, 3.63) is 12.3 Å². The molecule has 0 aromatic rings. The topological polar surface area (TPSA) is 21.6 Å². The van der Waals surface area contributed by atoms with E-state index in [-0.39, 0.29) is 0 Å². The summed E-state index contributed by atoms with van der Waals surface area (Å²) in [6.07, 6.45) is 3.59. The third-order valence-corrected chi connectivity index (χ3v) is 1.13. The fraction of sp³-hybridized carbons (Fsp3) is 0.571. The largest absolute Gasteiger partial charge is 0.451 e. The number of hydrogen-bond donors (Lipinski definition) is 0. The van der Waals surface area contributed by atoms with Crippen molar-refractivity contribution in [2.45, 2.75) is 13.8 Å². The zero-order valence-corrected chi connectivity index (χ0v) is 5.79. The summed E-state index contributed by atoms with van der Waals surface area (Å²) in [6.45, 7) is 4.91. The van der Waals surface area contributed by atoms with E-state index in [4.69, 9.17) is 4.74 Å². The molecule has 1 aliphatic rings. The van der Waals surface area contributed by atoms with Crippen LogP contribution in [0.1, 0.15) is 13.8 Å². The Kier molecular flexibility index (Phi) is 1.88. The van der Waals surface area contributed by atoms with E-state index in [1.807, 2.05) is 6.08 Å². The van der Waals surface area contributed by atoms with Gasteiger partial charge in [0.1, 0.15) is 0 Å². The van der Waals surface area contributed by atoms with Crippen molar-refractivity contribution >= 4 is 5.90 Å². The van der Waals surface area contributed by atoms with E-state index in [0.29, 0.717) is 5.92 Å². The molecule has 0 aromatic heterocycles. The van der Waals surface area contributed by atoms with Gasteiger partial charge in [-0.05, 0) is 6.08 Å². The van der Waals surface area contributed by atoms with Crippen LogP contribution < -0.4 is 0 Å². The fourth-order valence-corrected chi connectivity index (χ4v) is 0.659. The van der Waals surface area contributed by atoms with Crippen LogP contribution in [-0.2, 0) is 4.74 Å². The van der Waals surface area contributed by atoms with Gasteiger partial charge in [-0.2, -0.15) is 0 Å². The third-order valence-electron chi connectivity index (χ3n) is 1.13. The van der Waals surface area contributed by atoms with E-state index in [0.717, 1.165) is 12.4 Å². The quantitative estimate of drug-likeness (QED) is 0.521. The summed E-state index contributed by atoms with van der Waals surface area (Å²) < 4.78 is 5.11. The first-order valence-electron chi connectivity index (χ1n) is 3.16. The zero-order valence-electron chi connectivity index (χ0n) is 5.79. The maximum Gasteiger partial charge on any atom is 0.192 e. The molecular weight excluding hydrogens is 114 g/mol. The minimum absolute atomic E-state index is 0.412. The molecule has 1 rings (SSSR count). The van der Waals surface area contributed by atoms with Crippen molar-refractivity contribution in [3.8, 4) is 0 Å². The molecule has 0 bridgehead atoms. The summed E-state index contributed by atoms with van der Waals surface area (Å²) in [5, 5.41) is 0. The highest BCUT2D eigenvalue weighted by Crippen LogP contribution is 2.03. The van der Waals surface area contributed by atoms with Gasteiger partial charge in [0.2, 0.25) is 0 Å². The van der Waals surface area contributed by atoms with Gasteiger partial charge in [0.25, 0.3) is 0 Å². The molecule has 2 heteroatoms. The van der Waals surface area contributed by atoms with E-state index in [2.05, 4.69) is 18.8 Å². The molecule has 0 amide bonds. The Morgan fingerprint density at radius 3 is 2.78 bits per heavy atom. The maximum atomic E-state index is 5.11. The molecule has 1 aliphatic heterocycles. The molecule has 9 heavy (non-hydrogen) atoms. The summed E-state index contributed by atoms with van der Waals surface area (Å²) in [4.78, 5) is 4.14.